The lowest BCUT2D eigenvalue weighted by atomic mass is 10.1. The molecular formula is C21H22F2N8O. The summed E-state index contributed by atoms with van der Waals surface area (Å²) in [6, 6.07) is 1.91. The number of aromatic amines is 1. The van der Waals surface area contributed by atoms with E-state index in [0.717, 1.165) is 22.9 Å². The van der Waals surface area contributed by atoms with Crippen molar-refractivity contribution in [2.24, 2.45) is 0 Å². The van der Waals surface area contributed by atoms with Gasteiger partial charge in [-0.05, 0) is 19.4 Å². The molecule has 1 saturated heterocycles. The van der Waals surface area contributed by atoms with E-state index >= 15 is 0 Å². The summed E-state index contributed by atoms with van der Waals surface area (Å²) in [5.74, 6) is 1.12. The van der Waals surface area contributed by atoms with Gasteiger partial charge in [0.25, 0.3) is 6.43 Å². The maximum atomic E-state index is 13.0. The minimum absolute atomic E-state index is 0.0922. The van der Waals surface area contributed by atoms with Gasteiger partial charge in [0.2, 0.25) is 11.9 Å². The van der Waals surface area contributed by atoms with Crippen LogP contribution in [-0.4, -0.2) is 66.4 Å². The van der Waals surface area contributed by atoms with E-state index in [9.17, 15) is 13.6 Å². The van der Waals surface area contributed by atoms with Gasteiger partial charge in [0.15, 0.2) is 5.65 Å². The highest BCUT2D eigenvalue weighted by molar-refractivity contribution is 5.95. The summed E-state index contributed by atoms with van der Waals surface area (Å²) in [6.07, 6.45) is 3.95. The number of aryl methyl sites for hydroxylation is 1. The molecule has 0 bridgehead atoms. The first-order valence-corrected chi connectivity index (χ1v) is 10.3. The molecule has 0 radical (unpaired) electrons. The van der Waals surface area contributed by atoms with Crippen LogP contribution in [0.3, 0.4) is 0 Å². The van der Waals surface area contributed by atoms with Crippen molar-refractivity contribution in [1.82, 2.24) is 34.4 Å². The van der Waals surface area contributed by atoms with Gasteiger partial charge in [-0.2, -0.15) is 4.98 Å². The van der Waals surface area contributed by atoms with E-state index in [1.807, 2.05) is 6.07 Å². The van der Waals surface area contributed by atoms with E-state index in [1.165, 1.54) is 4.57 Å². The number of aromatic nitrogens is 6. The molecule has 5 rings (SSSR count). The van der Waals surface area contributed by atoms with Crippen LogP contribution in [0, 0.1) is 6.92 Å². The highest BCUT2D eigenvalue weighted by atomic mass is 19.3. The van der Waals surface area contributed by atoms with Gasteiger partial charge in [-0.15, -0.1) is 0 Å². The zero-order chi connectivity index (χ0) is 22.4. The molecule has 2 N–H and O–H groups in total. The average molecular weight is 440 g/mol. The Morgan fingerprint density at radius 3 is 2.91 bits per heavy atom. The first-order valence-electron chi connectivity index (χ1n) is 10.3. The number of piperidine rings is 1. The summed E-state index contributed by atoms with van der Waals surface area (Å²) < 4.78 is 27.5. The molecule has 4 aromatic heterocycles. The lowest BCUT2D eigenvalue weighted by Crippen LogP contribution is -2.43. The lowest BCUT2D eigenvalue weighted by molar-refractivity contribution is -0.132. The third-order valence-corrected chi connectivity index (χ3v) is 5.82. The molecular weight excluding hydrogens is 418 g/mol. The van der Waals surface area contributed by atoms with E-state index in [0.29, 0.717) is 41.5 Å². The van der Waals surface area contributed by atoms with Crippen LogP contribution in [-0.2, 0) is 11.3 Å². The number of likely N-dealkylation sites (N-methyl/N-ethyl adjacent to an activating group) is 1. The summed E-state index contributed by atoms with van der Waals surface area (Å²) in [4.78, 5) is 34.2. The molecule has 0 spiro atoms. The highest BCUT2D eigenvalue weighted by Gasteiger charge is 2.23. The van der Waals surface area contributed by atoms with Gasteiger partial charge in [0.1, 0.15) is 11.5 Å². The molecule has 1 amide bonds. The van der Waals surface area contributed by atoms with Gasteiger partial charge < -0.3 is 19.8 Å². The molecule has 11 heteroatoms. The number of imidazole rings is 1. The topological polar surface area (TPSA) is 105 Å². The zero-order valence-corrected chi connectivity index (χ0v) is 17.6. The van der Waals surface area contributed by atoms with Crippen molar-refractivity contribution in [1.29, 1.82) is 0 Å². The number of carbonyl (C=O) groups excluding carboxylic acids is 1. The first-order chi connectivity index (χ1) is 15.4. The van der Waals surface area contributed by atoms with Crippen LogP contribution in [0.1, 0.15) is 18.7 Å². The van der Waals surface area contributed by atoms with Crippen molar-refractivity contribution in [3.8, 4) is 11.1 Å². The van der Waals surface area contributed by atoms with Crippen LogP contribution in [0.4, 0.5) is 14.7 Å². The van der Waals surface area contributed by atoms with E-state index < -0.39 is 13.0 Å². The minimum Gasteiger partial charge on any atom is -0.350 e. The fourth-order valence-electron chi connectivity index (χ4n) is 4.16. The number of fused-ring (bicyclic) bond motifs is 2. The Bertz CT molecular complexity index is 1310. The number of likely N-dealkylation sites (tertiary alicyclic amines) is 1. The number of alkyl halides is 2. The third kappa shape index (κ3) is 3.63. The molecule has 5 heterocycles. The van der Waals surface area contributed by atoms with Gasteiger partial charge in [-0.25, -0.2) is 23.7 Å². The van der Waals surface area contributed by atoms with Crippen molar-refractivity contribution >= 4 is 34.1 Å². The standard InChI is InChI=1S/C21H22F2N8O/c1-11-27-20-16(31(11)10-17(22)23)5-12(6-24-20)14-7-25-19-15(14)8-26-21(29-19)28-13-3-4-18(32)30(2)9-13/h5-8,13,17H,3-4,9-10H2,1-2H3,(H2,25,26,28,29)/t13-/m0/s1. The third-order valence-electron chi connectivity index (χ3n) is 5.82. The Balaban J connectivity index is 1.45. The number of amides is 1. The van der Waals surface area contributed by atoms with E-state index in [1.54, 1.807) is 37.5 Å². The van der Waals surface area contributed by atoms with Crippen LogP contribution in [0.25, 0.3) is 33.3 Å². The van der Waals surface area contributed by atoms with Crippen LogP contribution in [0.5, 0.6) is 0 Å². The number of hydrogen-bond donors (Lipinski definition) is 2. The fourth-order valence-corrected chi connectivity index (χ4v) is 4.16. The highest BCUT2D eigenvalue weighted by Crippen LogP contribution is 2.30. The molecule has 1 fully saturated rings. The van der Waals surface area contributed by atoms with Crippen LogP contribution >= 0.6 is 0 Å². The van der Waals surface area contributed by atoms with E-state index in [2.05, 4.69) is 30.2 Å². The molecule has 0 unspecified atom stereocenters. The number of H-pyrrole nitrogens is 1. The predicted octanol–water partition coefficient (Wildman–Crippen LogP) is 2.98. The van der Waals surface area contributed by atoms with Crippen LogP contribution in [0.15, 0.2) is 24.7 Å². The van der Waals surface area contributed by atoms with Gasteiger partial charge in [0.05, 0.1) is 12.1 Å². The number of anilines is 1. The van der Waals surface area contributed by atoms with Gasteiger partial charge in [0, 0.05) is 61.2 Å². The normalized spacial score (nSPS) is 17.1. The first kappa shape index (κ1) is 20.3. The van der Waals surface area contributed by atoms with E-state index in [-0.39, 0.29) is 11.9 Å². The number of carbonyl (C=O) groups is 1. The van der Waals surface area contributed by atoms with Gasteiger partial charge in [-0.1, -0.05) is 0 Å². The second-order valence-corrected chi connectivity index (χ2v) is 8.04. The molecule has 1 atom stereocenters. The molecule has 166 valence electrons. The number of halogens is 2. The molecule has 0 aliphatic carbocycles. The molecule has 1 aliphatic rings. The minimum atomic E-state index is -2.48. The summed E-state index contributed by atoms with van der Waals surface area (Å²) >= 11 is 0. The summed E-state index contributed by atoms with van der Waals surface area (Å²) in [5, 5.41) is 4.09. The summed E-state index contributed by atoms with van der Waals surface area (Å²) in [5.41, 5.74) is 3.23. The SMILES string of the molecule is Cc1nc2ncc(-c3c[nH]c4nc(N[C@H]5CCC(=O)N(C)C5)ncc34)cc2n1CC(F)F. The second-order valence-electron chi connectivity index (χ2n) is 8.04. The molecule has 32 heavy (non-hydrogen) atoms. The van der Waals surface area contributed by atoms with Crippen LogP contribution < -0.4 is 5.32 Å². The van der Waals surface area contributed by atoms with E-state index in [4.69, 9.17) is 0 Å². The molecule has 4 aromatic rings. The van der Waals surface area contributed by atoms with Crippen molar-refractivity contribution in [3.05, 3.63) is 30.5 Å². The molecule has 0 aromatic carbocycles. The summed E-state index contributed by atoms with van der Waals surface area (Å²) in [6.45, 7) is 1.87. The average Bonchev–Trinajstić information content (AvgIpc) is 3.31. The largest absolute Gasteiger partial charge is 0.350 e. The monoisotopic (exact) mass is 440 g/mol. The van der Waals surface area contributed by atoms with Crippen molar-refractivity contribution in [3.63, 3.8) is 0 Å². The molecule has 9 nitrogen and oxygen atoms in total. The Morgan fingerprint density at radius 1 is 1.28 bits per heavy atom. The maximum absolute atomic E-state index is 13.0. The van der Waals surface area contributed by atoms with Gasteiger partial charge in [-0.3, -0.25) is 4.79 Å². The fraction of sp³-hybridized carbons (Fsp3) is 0.381. The van der Waals surface area contributed by atoms with Crippen molar-refractivity contribution in [2.75, 3.05) is 18.9 Å². The quantitative estimate of drug-likeness (QED) is 0.494. The number of rotatable bonds is 5. The Morgan fingerprint density at radius 2 is 2.12 bits per heavy atom. The Hall–Kier alpha value is -3.63. The van der Waals surface area contributed by atoms with Crippen molar-refractivity contribution < 1.29 is 13.6 Å². The smallest absolute Gasteiger partial charge is 0.256 e. The second kappa shape index (κ2) is 7.81. The predicted molar refractivity (Wildman–Crippen MR) is 115 cm³/mol. The number of nitrogens with zero attached hydrogens (tertiary/aromatic N) is 6. The van der Waals surface area contributed by atoms with Gasteiger partial charge >= 0.3 is 0 Å². The zero-order valence-electron chi connectivity index (χ0n) is 17.6. The Labute approximate surface area is 181 Å². The Kier molecular flexibility index (Phi) is 4.95. The van der Waals surface area contributed by atoms with Crippen LogP contribution in [0.2, 0.25) is 0 Å². The molecule has 0 saturated carbocycles. The summed E-state index contributed by atoms with van der Waals surface area (Å²) in [7, 11) is 1.79. The number of pyridine rings is 1. The number of hydrogen-bond acceptors (Lipinski definition) is 6. The lowest BCUT2D eigenvalue weighted by Gasteiger charge is -2.30. The molecule has 1 aliphatic heterocycles. The van der Waals surface area contributed by atoms with Crippen molar-refractivity contribution in [2.45, 2.75) is 38.8 Å². The maximum Gasteiger partial charge on any atom is 0.256 e. The number of nitrogens with one attached hydrogen (secondary N) is 2.